The van der Waals surface area contributed by atoms with E-state index in [1.165, 1.54) is 9.14 Å². The molecule has 0 atom stereocenters. The van der Waals surface area contributed by atoms with Gasteiger partial charge in [-0.05, 0) is 47.2 Å². The van der Waals surface area contributed by atoms with E-state index in [1.807, 2.05) is 12.1 Å². The molecule has 0 saturated carbocycles. The molecule has 2 rings (SSSR count). The van der Waals surface area contributed by atoms with Crippen molar-refractivity contribution in [1.82, 2.24) is 0 Å². The van der Waals surface area contributed by atoms with Gasteiger partial charge in [0.2, 0.25) is 0 Å². The summed E-state index contributed by atoms with van der Waals surface area (Å²) in [6.07, 6.45) is 7.23. The first-order valence-corrected chi connectivity index (χ1v) is 5.56. The van der Waals surface area contributed by atoms with Gasteiger partial charge in [-0.2, -0.15) is 0 Å². The van der Waals surface area contributed by atoms with Crippen LogP contribution in [0, 0.1) is 15.4 Å². The molecule has 0 heterocycles. The average Bonchev–Trinajstić information content (AvgIpc) is 2.67. The van der Waals surface area contributed by atoms with Gasteiger partial charge in [0.15, 0.2) is 0 Å². The molecule has 0 bridgehead atoms. The van der Waals surface area contributed by atoms with Crippen molar-refractivity contribution in [3.05, 3.63) is 57.2 Å². The maximum atomic E-state index is 3.17. The Kier molecular flexibility index (Phi) is 3.05. The summed E-state index contributed by atoms with van der Waals surface area (Å²) in [4.78, 5) is 0. The summed E-state index contributed by atoms with van der Waals surface area (Å²) in [5.41, 5.74) is 2.29. The van der Waals surface area contributed by atoms with Crippen molar-refractivity contribution < 1.29 is 0 Å². The van der Waals surface area contributed by atoms with Crippen LogP contribution in [-0.2, 0) is 0 Å². The number of hydrogen-bond donors (Lipinski definition) is 0. The van der Waals surface area contributed by atoms with Crippen LogP contribution >= 0.6 is 22.6 Å². The van der Waals surface area contributed by atoms with Crippen LogP contribution in [0.3, 0.4) is 0 Å². The van der Waals surface area contributed by atoms with E-state index in [2.05, 4.69) is 64.8 Å². The lowest BCUT2D eigenvalue weighted by atomic mass is 10.2. The van der Waals surface area contributed by atoms with Gasteiger partial charge >= 0.3 is 0 Å². The van der Waals surface area contributed by atoms with E-state index in [-0.39, 0.29) is 0 Å². The number of halogens is 1. The van der Waals surface area contributed by atoms with Gasteiger partial charge in [0.05, 0.1) is 0 Å². The van der Waals surface area contributed by atoms with Gasteiger partial charge in [0, 0.05) is 14.7 Å². The predicted molar refractivity (Wildman–Crippen MR) is 67.9 cm³/mol. The van der Waals surface area contributed by atoms with Crippen molar-refractivity contribution in [2.75, 3.05) is 0 Å². The second kappa shape index (κ2) is 4.47. The Morgan fingerprint density at radius 2 is 2.14 bits per heavy atom. The van der Waals surface area contributed by atoms with Crippen LogP contribution in [0.25, 0.3) is 0 Å². The normalized spacial score (nSPS) is 13.4. The lowest BCUT2D eigenvalue weighted by molar-refractivity contribution is 1.36. The molecule has 0 fully saturated rings. The third kappa shape index (κ3) is 2.49. The van der Waals surface area contributed by atoms with Crippen molar-refractivity contribution >= 4 is 22.6 Å². The molecule has 0 saturated heterocycles. The molecule has 0 radical (unpaired) electrons. The molecule has 14 heavy (non-hydrogen) atoms. The molecule has 0 spiro atoms. The molecule has 0 aliphatic heterocycles. The molecule has 0 N–H and O–H groups in total. The van der Waals surface area contributed by atoms with Gasteiger partial charge in [-0.25, -0.2) is 0 Å². The van der Waals surface area contributed by atoms with Gasteiger partial charge in [-0.15, -0.1) is 0 Å². The Balaban J connectivity index is 2.17. The lowest BCUT2D eigenvalue weighted by Gasteiger charge is -1.91. The van der Waals surface area contributed by atoms with E-state index in [0.29, 0.717) is 0 Å². The van der Waals surface area contributed by atoms with Gasteiger partial charge in [0.25, 0.3) is 0 Å². The minimum absolute atomic E-state index is 0.983. The molecule has 0 unspecified atom stereocenters. The van der Waals surface area contributed by atoms with Crippen LogP contribution < -0.4 is 0 Å². The highest BCUT2D eigenvalue weighted by atomic mass is 127. The quantitative estimate of drug-likeness (QED) is 0.507. The zero-order chi connectivity index (χ0) is 9.80. The molecular weight excluding hydrogens is 283 g/mol. The van der Waals surface area contributed by atoms with Crippen molar-refractivity contribution in [2.24, 2.45) is 0 Å². The Morgan fingerprint density at radius 3 is 2.86 bits per heavy atom. The molecule has 1 heteroatoms. The third-order valence-electron chi connectivity index (χ3n) is 1.96. The molecule has 1 aromatic carbocycles. The molecule has 1 aliphatic carbocycles. The van der Waals surface area contributed by atoms with E-state index >= 15 is 0 Å². The third-order valence-corrected chi connectivity index (χ3v) is 2.63. The summed E-state index contributed by atoms with van der Waals surface area (Å²) in [7, 11) is 0. The second-order valence-corrected chi connectivity index (χ2v) is 4.33. The fraction of sp³-hybridized carbons (Fsp3) is 0.0769. The zero-order valence-corrected chi connectivity index (χ0v) is 9.78. The average molecular weight is 292 g/mol. The van der Waals surface area contributed by atoms with Gasteiger partial charge < -0.3 is 0 Å². The maximum Gasteiger partial charge on any atom is 0.0259 e. The lowest BCUT2D eigenvalue weighted by Crippen LogP contribution is -1.76. The highest BCUT2D eigenvalue weighted by Crippen LogP contribution is 2.10. The topological polar surface area (TPSA) is 0 Å². The Labute approximate surface area is 97.9 Å². The molecule has 0 nitrogen and oxygen atoms in total. The number of benzene rings is 1. The highest BCUT2D eigenvalue weighted by molar-refractivity contribution is 14.1. The SMILES string of the molecule is Ic1cccc(C#CC2=CC=CC2)c1. The van der Waals surface area contributed by atoms with Gasteiger partial charge in [-0.3, -0.25) is 0 Å². The van der Waals surface area contributed by atoms with Crippen LogP contribution in [0.1, 0.15) is 12.0 Å². The van der Waals surface area contributed by atoms with Gasteiger partial charge in [-0.1, -0.05) is 36.1 Å². The van der Waals surface area contributed by atoms with Crippen LogP contribution in [0.15, 0.2) is 48.1 Å². The number of hydrogen-bond acceptors (Lipinski definition) is 0. The summed E-state index contributed by atoms with van der Waals surface area (Å²) < 4.78 is 1.23. The molecule has 68 valence electrons. The maximum absolute atomic E-state index is 3.17. The molecule has 1 aliphatic rings. The standard InChI is InChI=1S/C13H9I/c14-13-7-3-6-12(10-13)9-8-11-4-1-2-5-11/h1-4,6-7,10H,5H2. The highest BCUT2D eigenvalue weighted by Gasteiger charge is 1.93. The summed E-state index contributed by atoms with van der Waals surface area (Å²) in [5.74, 6) is 6.33. The van der Waals surface area contributed by atoms with E-state index in [9.17, 15) is 0 Å². The predicted octanol–water partition coefficient (Wildman–Crippen LogP) is 3.53. The van der Waals surface area contributed by atoms with Crippen LogP contribution in [-0.4, -0.2) is 0 Å². The van der Waals surface area contributed by atoms with Crippen molar-refractivity contribution in [3.8, 4) is 11.8 Å². The minimum Gasteiger partial charge on any atom is -0.0794 e. The Morgan fingerprint density at radius 1 is 1.21 bits per heavy atom. The van der Waals surface area contributed by atoms with Crippen molar-refractivity contribution in [1.29, 1.82) is 0 Å². The molecular formula is C13H9I. The summed E-state index contributed by atoms with van der Waals surface area (Å²) >= 11 is 2.30. The monoisotopic (exact) mass is 292 g/mol. The fourth-order valence-corrected chi connectivity index (χ4v) is 1.80. The van der Waals surface area contributed by atoms with Crippen LogP contribution in [0.2, 0.25) is 0 Å². The fourth-order valence-electron chi connectivity index (χ4n) is 1.26. The van der Waals surface area contributed by atoms with E-state index in [1.54, 1.807) is 0 Å². The summed E-state index contributed by atoms with van der Waals surface area (Å²) in [6.45, 7) is 0. The van der Waals surface area contributed by atoms with Crippen molar-refractivity contribution in [3.63, 3.8) is 0 Å². The van der Waals surface area contributed by atoms with E-state index in [4.69, 9.17) is 0 Å². The Hall–Kier alpha value is -1.01. The minimum atomic E-state index is 0.983. The van der Waals surface area contributed by atoms with E-state index in [0.717, 1.165) is 12.0 Å². The first-order valence-electron chi connectivity index (χ1n) is 4.48. The summed E-state index contributed by atoms with van der Waals surface area (Å²) in [6, 6.07) is 8.24. The Bertz CT molecular complexity index is 456. The summed E-state index contributed by atoms with van der Waals surface area (Å²) in [5, 5.41) is 0. The van der Waals surface area contributed by atoms with Crippen LogP contribution in [0.4, 0.5) is 0 Å². The van der Waals surface area contributed by atoms with Gasteiger partial charge in [0.1, 0.15) is 0 Å². The number of allylic oxidation sites excluding steroid dienone is 4. The zero-order valence-electron chi connectivity index (χ0n) is 7.63. The van der Waals surface area contributed by atoms with E-state index < -0.39 is 0 Å². The first-order chi connectivity index (χ1) is 6.84. The van der Waals surface area contributed by atoms with Crippen LogP contribution in [0.5, 0.6) is 0 Å². The number of rotatable bonds is 0. The smallest absolute Gasteiger partial charge is 0.0259 e. The first kappa shape index (κ1) is 9.54. The van der Waals surface area contributed by atoms with Crippen molar-refractivity contribution in [2.45, 2.75) is 6.42 Å². The molecule has 0 amide bonds. The largest absolute Gasteiger partial charge is 0.0794 e. The molecule has 1 aromatic rings. The second-order valence-electron chi connectivity index (χ2n) is 3.08. The molecule has 0 aromatic heterocycles.